The Morgan fingerprint density at radius 2 is 2.18 bits per heavy atom. The summed E-state index contributed by atoms with van der Waals surface area (Å²) in [7, 11) is 0. The Hall–Kier alpha value is -1.99. The molecule has 0 aliphatic carbocycles. The smallest absolute Gasteiger partial charge is 0.330 e. The summed E-state index contributed by atoms with van der Waals surface area (Å²) >= 11 is 3.06. The fourth-order valence-electron chi connectivity index (χ4n) is 2.25. The van der Waals surface area contributed by atoms with E-state index in [4.69, 9.17) is 25.7 Å². The largest absolute Gasteiger partial charge is 0.459 e. The van der Waals surface area contributed by atoms with Crippen LogP contribution in [0.2, 0.25) is 0 Å². The number of carbonyl (C=O) groups excluding carboxylic acids is 2. The second-order valence-corrected chi connectivity index (χ2v) is 6.17. The number of ether oxygens (including phenoxy) is 3. The number of halogens is 2. The zero-order chi connectivity index (χ0) is 20.0. The number of aromatic nitrogens is 2. The Balaban J connectivity index is 0.00000392. The number of aromatic amines is 1. The zero-order valence-electron chi connectivity index (χ0n) is 14.5. The third kappa shape index (κ3) is 6.56. The number of nitrogens with two attached hydrogens (primary N) is 2. The second kappa shape index (κ2) is 11.1. The minimum Gasteiger partial charge on any atom is -0.459 e. The Bertz CT molecular complexity index is 840. The van der Waals surface area contributed by atoms with Crippen molar-refractivity contribution in [2.45, 2.75) is 31.4 Å². The molecule has 1 fully saturated rings. The minimum absolute atomic E-state index is 0. The summed E-state index contributed by atoms with van der Waals surface area (Å²) in [5, 5.41) is 0. The summed E-state index contributed by atoms with van der Waals surface area (Å²) < 4.78 is 17.0. The van der Waals surface area contributed by atoms with Crippen molar-refractivity contribution in [3.8, 4) is 0 Å². The number of amides is 1. The van der Waals surface area contributed by atoms with Gasteiger partial charge in [-0.25, -0.2) is 4.79 Å². The predicted octanol–water partition coefficient (Wildman–Crippen LogP) is -0.668. The normalized spacial score (nSPS) is 19.9. The summed E-state index contributed by atoms with van der Waals surface area (Å²) in [5.74, 6) is -1.29. The molecule has 5 N–H and O–H groups in total. The summed E-state index contributed by atoms with van der Waals surface area (Å²) in [6, 6.07) is -0.991. The van der Waals surface area contributed by atoms with Crippen LogP contribution in [-0.4, -0.2) is 47.0 Å². The van der Waals surface area contributed by atoms with E-state index in [1.54, 1.807) is 0 Å². The van der Waals surface area contributed by atoms with Gasteiger partial charge in [-0.3, -0.25) is 23.9 Å². The van der Waals surface area contributed by atoms with Crippen LogP contribution in [0, 0.1) is 0 Å². The highest BCUT2D eigenvalue weighted by atomic mass is 79.9. The molecule has 3 atom stereocenters. The molecule has 28 heavy (non-hydrogen) atoms. The number of carbonyl (C=O) groups is 2. The van der Waals surface area contributed by atoms with E-state index >= 15 is 0 Å². The zero-order valence-corrected chi connectivity index (χ0v) is 16.9. The van der Waals surface area contributed by atoms with Crippen molar-refractivity contribution in [2.75, 3.05) is 13.2 Å². The maximum absolute atomic E-state index is 12.0. The number of rotatable bonds is 8. The number of esters is 1. The van der Waals surface area contributed by atoms with Gasteiger partial charge < -0.3 is 25.7 Å². The number of H-pyrrole nitrogens is 1. The van der Waals surface area contributed by atoms with Crippen molar-refractivity contribution in [2.24, 2.45) is 11.5 Å². The van der Waals surface area contributed by atoms with E-state index in [1.807, 2.05) is 0 Å². The number of nitrogens with one attached hydrogen (secondary N) is 1. The number of nitrogens with zero attached hydrogens (tertiary/aromatic N) is 1. The minimum atomic E-state index is -0.991. The lowest BCUT2D eigenvalue weighted by atomic mass is 10.1. The number of hydrogen-bond donors (Lipinski definition) is 3. The molecule has 13 heteroatoms. The highest BCUT2D eigenvalue weighted by molar-refractivity contribution is 9.11. The first-order valence-corrected chi connectivity index (χ1v) is 8.83. The van der Waals surface area contributed by atoms with Gasteiger partial charge in [0, 0.05) is 12.6 Å². The molecule has 0 bridgehead atoms. The van der Waals surface area contributed by atoms with Crippen molar-refractivity contribution >= 4 is 46.3 Å². The molecule has 0 spiro atoms. The van der Waals surface area contributed by atoms with E-state index < -0.39 is 41.7 Å². The van der Waals surface area contributed by atoms with Crippen LogP contribution < -0.4 is 22.7 Å². The first-order valence-electron chi connectivity index (χ1n) is 7.91. The van der Waals surface area contributed by atoms with Crippen molar-refractivity contribution < 1.29 is 23.8 Å². The molecule has 2 heterocycles. The van der Waals surface area contributed by atoms with Gasteiger partial charge in [0.15, 0.2) is 12.5 Å². The molecule has 2 rings (SSSR count). The number of hydrogen-bond acceptors (Lipinski definition) is 8. The van der Waals surface area contributed by atoms with E-state index in [-0.39, 0.29) is 44.0 Å². The van der Waals surface area contributed by atoms with E-state index in [0.717, 1.165) is 0 Å². The Labute approximate surface area is 173 Å². The van der Waals surface area contributed by atoms with Crippen LogP contribution in [0.15, 0.2) is 20.8 Å². The van der Waals surface area contributed by atoms with Crippen LogP contribution in [0.5, 0.6) is 0 Å². The third-order valence-electron chi connectivity index (χ3n) is 3.65. The van der Waals surface area contributed by atoms with Gasteiger partial charge in [-0.2, -0.15) is 0 Å². The van der Waals surface area contributed by atoms with Gasteiger partial charge in [0.1, 0.15) is 12.6 Å². The maximum Gasteiger partial charge on any atom is 0.330 e. The Kier molecular flexibility index (Phi) is 9.55. The van der Waals surface area contributed by atoms with E-state index in [0.29, 0.717) is 0 Å². The van der Waals surface area contributed by atoms with Crippen molar-refractivity contribution in [1.82, 2.24) is 9.55 Å². The van der Waals surface area contributed by atoms with Crippen LogP contribution in [0.3, 0.4) is 0 Å². The predicted molar refractivity (Wildman–Crippen MR) is 104 cm³/mol. The monoisotopic (exact) mass is 482 g/mol. The molecule has 0 unspecified atom stereocenters. The molecule has 0 radical (unpaired) electrons. The van der Waals surface area contributed by atoms with Crippen LogP contribution in [-0.2, 0) is 23.8 Å². The lowest BCUT2D eigenvalue weighted by Crippen LogP contribution is -2.36. The fraction of sp³-hybridized carbons (Fsp3) is 0.467. The molecular formula is C15H20BrClN4O7. The molecule has 1 aliphatic heterocycles. The first kappa shape index (κ1) is 24.0. The Morgan fingerprint density at radius 1 is 1.46 bits per heavy atom. The molecule has 1 aromatic heterocycles. The van der Waals surface area contributed by atoms with Gasteiger partial charge >= 0.3 is 11.7 Å². The molecule has 156 valence electrons. The van der Waals surface area contributed by atoms with Gasteiger partial charge in [-0.1, -0.05) is 15.9 Å². The molecule has 1 amide bonds. The molecule has 1 aromatic rings. The summed E-state index contributed by atoms with van der Waals surface area (Å²) in [5.41, 5.74) is 9.63. The van der Waals surface area contributed by atoms with Crippen molar-refractivity contribution in [1.29, 1.82) is 0 Å². The average molecular weight is 484 g/mol. The van der Waals surface area contributed by atoms with Gasteiger partial charge in [0.2, 0.25) is 5.91 Å². The van der Waals surface area contributed by atoms with Crippen LogP contribution in [0.1, 0.15) is 24.6 Å². The van der Waals surface area contributed by atoms with Crippen molar-refractivity contribution in [3.63, 3.8) is 0 Å². The van der Waals surface area contributed by atoms with E-state index in [1.165, 1.54) is 21.8 Å². The van der Waals surface area contributed by atoms with Crippen LogP contribution in [0.4, 0.5) is 0 Å². The summed E-state index contributed by atoms with van der Waals surface area (Å²) in [6.45, 7) is -0.231. The van der Waals surface area contributed by atoms with Gasteiger partial charge in [-0.15, -0.1) is 12.4 Å². The highest BCUT2D eigenvalue weighted by Gasteiger charge is 2.30. The topological polar surface area (TPSA) is 169 Å². The average Bonchev–Trinajstić information content (AvgIpc) is 3.08. The maximum atomic E-state index is 12.0. The standard InChI is InChI=1S/C15H19BrN4O7.ClH/c16-4-3-8-5-20(15(24)19-13(8)22)11-6-25-12(27-11)7-26-14(23)9(17)1-2-10(18)21;/h3-5,9,11-12H,1-2,6-7,17H2,(H2,18,21)(H,19,22,24);1H/b4-3+;/t9-,11-,12-;/m0./s1. The van der Waals surface area contributed by atoms with E-state index in [2.05, 4.69) is 20.9 Å². The summed E-state index contributed by atoms with van der Waals surface area (Å²) in [6.07, 6.45) is 1.13. The highest BCUT2D eigenvalue weighted by Crippen LogP contribution is 2.20. The second-order valence-electron chi connectivity index (χ2n) is 5.64. The SMILES string of the molecule is Cl.NC(=O)CC[C@H](N)C(=O)OC[C@H]1OC[C@@H](n2cc(/C=C/Br)c(=O)[nH]c2=O)O1. The lowest BCUT2D eigenvalue weighted by Gasteiger charge is -2.15. The molecule has 0 saturated carbocycles. The molecule has 0 aromatic carbocycles. The third-order valence-corrected chi connectivity index (χ3v) is 3.91. The summed E-state index contributed by atoms with van der Waals surface area (Å²) in [4.78, 5) is 49.8. The van der Waals surface area contributed by atoms with Gasteiger partial charge in [-0.05, 0) is 17.5 Å². The van der Waals surface area contributed by atoms with Gasteiger partial charge in [0.05, 0.1) is 12.2 Å². The van der Waals surface area contributed by atoms with Crippen LogP contribution in [0.25, 0.3) is 6.08 Å². The first-order chi connectivity index (χ1) is 12.8. The number of primary amides is 1. The Morgan fingerprint density at radius 3 is 2.82 bits per heavy atom. The molecule has 11 nitrogen and oxygen atoms in total. The molecule has 1 aliphatic rings. The molecular weight excluding hydrogens is 464 g/mol. The fourth-order valence-corrected chi connectivity index (χ4v) is 2.54. The van der Waals surface area contributed by atoms with Crippen LogP contribution >= 0.6 is 28.3 Å². The molecule has 1 saturated heterocycles. The van der Waals surface area contributed by atoms with E-state index in [9.17, 15) is 19.2 Å². The quantitative estimate of drug-likeness (QED) is 0.409. The van der Waals surface area contributed by atoms with Gasteiger partial charge in [0.25, 0.3) is 5.56 Å². The van der Waals surface area contributed by atoms with Crippen molar-refractivity contribution in [3.05, 3.63) is 37.6 Å². The lowest BCUT2D eigenvalue weighted by molar-refractivity contribution is -0.160.